The average molecular weight is 230 g/mol. The van der Waals surface area contributed by atoms with Crippen LogP contribution in [0.5, 0.6) is 0 Å². The molecule has 0 unspecified atom stereocenters. The van der Waals surface area contributed by atoms with Crippen LogP contribution in [0.15, 0.2) is 18.3 Å². The van der Waals surface area contributed by atoms with Crippen LogP contribution in [-0.4, -0.2) is 16.9 Å². The second-order valence-electron chi connectivity index (χ2n) is 3.68. The monoisotopic (exact) mass is 230 g/mol. The van der Waals surface area contributed by atoms with Gasteiger partial charge in [0, 0.05) is 12.2 Å². The zero-order valence-electron chi connectivity index (χ0n) is 8.21. The fourth-order valence-electron chi connectivity index (χ4n) is 1.19. The molecule has 0 spiro atoms. The quantitative estimate of drug-likeness (QED) is 0.844. The third-order valence-electron chi connectivity index (χ3n) is 2.23. The van der Waals surface area contributed by atoms with Crippen molar-refractivity contribution in [1.29, 1.82) is 0 Å². The van der Waals surface area contributed by atoms with Crippen LogP contribution < -0.4 is 5.32 Å². The number of nitrogens with zero attached hydrogens (tertiary/aromatic N) is 1. The molecule has 0 aliphatic heterocycles. The summed E-state index contributed by atoms with van der Waals surface area (Å²) in [6.07, 6.45) is -1.66. The molecule has 0 bridgehead atoms. The van der Waals surface area contributed by atoms with Crippen molar-refractivity contribution >= 4 is 5.91 Å². The minimum absolute atomic E-state index is 0.153. The van der Waals surface area contributed by atoms with E-state index >= 15 is 0 Å². The Kier molecular flexibility index (Phi) is 2.57. The van der Waals surface area contributed by atoms with Crippen LogP contribution >= 0.6 is 0 Å². The van der Waals surface area contributed by atoms with Crippen molar-refractivity contribution in [2.24, 2.45) is 0 Å². The van der Waals surface area contributed by atoms with Crippen molar-refractivity contribution in [2.75, 3.05) is 0 Å². The molecule has 1 heterocycles. The Morgan fingerprint density at radius 3 is 2.50 bits per heavy atom. The normalized spacial score (nSPS) is 15.9. The summed E-state index contributed by atoms with van der Waals surface area (Å²) in [4.78, 5) is 14.6. The maximum Gasteiger partial charge on any atom is 0.433 e. The molecular weight excluding hydrogens is 221 g/mol. The standard InChI is InChI=1S/C10H9F3N2O/c11-10(12,13)8-4-1-6(5-14-8)9(16)15-7-2-3-7/h1,4-5,7H,2-3H2,(H,15,16). The number of amides is 1. The lowest BCUT2D eigenvalue weighted by Crippen LogP contribution is -2.25. The molecule has 1 fully saturated rings. The number of pyridine rings is 1. The lowest BCUT2D eigenvalue weighted by Gasteiger charge is -2.06. The van der Waals surface area contributed by atoms with Crippen LogP contribution in [0.3, 0.4) is 0 Å². The molecule has 1 N–H and O–H groups in total. The van der Waals surface area contributed by atoms with Gasteiger partial charge in [0.1, 0.15) is 5.69 Å². The minimum atomic E-state index is -4.47. The van der Waals surface area contributed by atoms with E-state index in [4.69, 9.17) is 0 Å². The first-order chi connectivity index (χ1) is 7.47. The Hall–Kier alpha value is -1.59. The number of hydrogen-bond donors (Lipinski definition) is 1. The minimum Gasteiger partial charge on any atom is -0.349 e. The Bertz CT molecular complexity index is 396. The summed E-state index contributed by atoms with van der Waals surface area (Å²) in [5.74, 6) is -0.372. The van der Waals surface area contributed by atoms with Crippen molar-refractivity contribution in [2.45, 2.75) is 25.1 Å². The molecule has 6 heteroatoms. The summed E-state index contributed by atoms with van der Waals surface area (Å²) in [5, 5.41) is 2.67. The molecule has 1 aliphatic carbocycles. The number of aromatic nitrogens is 1. The number of carbonyl (C=O) groups is 1. The van der Waals surface area contributed by atoms with Gasteiger partial charge in [-0.05, 0) is 25.0 Å². The van der Waals surface area contributed by atoms with Gasteiger partial charge >= 0.3 is 6.18 Å². The molecule has 1 amide bonds. The van der Waals surface area contributed by atoms with E-state index in [0.717, 1.165) is 31.2 Å². The van der Waals surface area contributed by atoms with Crippen LogP contribution in [0.25, 0.3) is 0 Å². The van der Waals surface area contributed by atoms with E-state index in [2.05, 4.69) is 10.3 Å². The fraction of sp³-hybridized carbons (Fsp3) is 0.400. The van der Waals surface area contributed by atoms with Crippen molar-refractivity contribution in [3.63, 3.8) is 0 Å². The van der Waals surface area contributed by atoms with E-state index in [-0.39, 0.29) is 17.5 Å². The van der Waals surface area contributed by atoms with Gasteiger partial charge in [0.15, 0.2) is 0 Å². The summed E-state index contributed by atoms with van der Waals surface area (Å²) in [5.41, 5.74) is -0.838. The molecule has 0 radical (unpaired) electrons. The highest BCUT2D eigenvalue weighted by atomic mass is 19.4. The van der Waals surface area contributed by atoms with E-state index in [0.29, 0.717) is 0 Å². The Morgan fingerprint density at radius 1 is 1.38 bits per heavy atom. The topological polar surface area (TPSA) is 42.0 Å². The Balaban J connectivity index is 2.09. The summed E-state index contributed by atoms with van der Waals surface area (Å²) < 4.78 is 36.5. The molecule has 16 heavy (non-hydrogen) atoms. The third-order valence-corrected chi connectivity index (χ3v) is 2.23. The van der Waals surface area contributed by atoms with Gasteiger partial charge in [-0.3, -0.25) is 9.78 Å². The molecule has 0 aromatic carbocycles. The summed E-state index contributed by atoms with van der Waals surface area (Å²) in [6, 6.07) is 2.12. The summed E-state index contributed by atoms with van der Waals surface area (Å²) in [6.45, 7) is 0. The van der Waals surface area contributed by atoms with Gasteiger partial charge in [0.2, 0.25) is 0 Å². The summed E-state index contributed by atoms with van der Waals surface area (Å²) in [7, 11) is 0. The molecule has 0 atom stereocenters. The van der Waals surface area contributed by atoms with Gasteiger partial charge in [0.05, 0.1) is 5.56 Å². The molecular formula is C10H9F3N2O. The molecule has 2 rings (SSSR count). The second-order valence-corrected chi connectivity index (χ2v) is 3.68. The number of hydrogen-bond acceptors (Lipinski definition) is 2. The molecule has 1 aromatic heterocycles. The van der Waals surface area contributed by atoms with Gasteiger partial charge < -0.3 is 5.32 Å². The van der Waals surface area contributed by atoms with Crippen LogP contribution in [0, 0.1) is 0 Å². The van der Waals surface area contributed by atoms with E-state index in [1.54, 1.807) is 0 Å². The first-order valence-electron chi connectivity index (χ1n) is 4.81. The van der Waals surface area contributed by atoms with Crippen LogP contribution in [0.4, 0.5) is 13.2 Å². The van der Waals surface area contributed by atoms with E-state index in [9.17, 15) is 18.0 Å². The maximum absolute atomic E-state index is 12.2. The van der Waals surface area contributed by atoms with Gasteiger partial charge in [-0.1, -0.05) is 0 Å². The number of alkyl halides is 3. The van der Waals surface area contributed by atoms with Gasteiger partial charge in [-0.15, -0.1) is 0 Å². The van der Waals surface area contributed by atoms with Crippen LogP contribution in [0.2, 0.25) is 0 Å². The number of carbonyl (C=O) groups excluding carboxylic acids is 1. The molecule has 3 nitrogen and oxygen atoms in total. The smallest absolute Gasteiger partial charge is 0.349 e. The van der Waals surface area contributed by atoms with E-state index in [1.807, 2.05) is 0 Å². The summed E-state index contributed by atoms with van der Waals surface area (Å²) >= 11 is 0. The number of halogens is 3. The number of nitrogens with one attached hydrogen (secondary N) is 1. The first-order valence-corrected chi connectivity index (χ1v) is 4.81. The Morgan fingerprint density at radius 2 is 2.06 bits per heavy atom. The lowest BCUT2D eigenvalue weighted by molar-refractivity contribution is -0.141. The van der Waals surface area contributed by atoms with Gasteiger partial charge in [-0.2, -0.15) is 13.2 Å². The Labute approximate surface area is 89.7 Å². The molecule has 0 saturated heterocycles. The van der Waals surface area contributed by atoms with Crippen molar-refractivity contribution in [3.05, 3.63) is 29.6 Å². The fourth-order valence-corrected chi connectivity index (χ4v) is 1.19. The molecule has 1 aromatic rings. The highest BCUT2D eigenvalue weighted by Gasteiger charge is 2.32. The van der Waals surface area contributed by atoms with Gasteiger partial charge in [0.25, 0.3) is 5.91 Å². The predicted molar refractivity (Wildman–Crippen MR) is 49.7 cm³/mol. The molecule has 86 valence electrons. The molecule has 1 aliphatic rings. The second kappa shape index (κ2) is 3.77. The predicted octanol–water partition coefficient (Wildman–Crippen LogP) is 1.99. The highest BCUT2D eigenvalue weighted by Crippen LogP contribution is 2.27. The lowest BCUT2D eigenvalue weighted by atomic mass is 10.2. The maximum atomic E-state index is 12.2. The largest absolute Gasteiger partial charge is 0.433 e. The average Bonchev–Trinajstić information content (AvgIpc) is 3.00. The van der Waals surface area contributed by atoms with Crippen molar-refractivity contribution in [1.82, 2.24) is 10.3 Å². The van der Waals surface area contributed by atoms with Crippen molar-refractivity contribution in [3.8, 4) is 0 Å². The van der Waals surface area contributed by atoms with E-state index < -0.39 is 11.9 Å². The zero-order chi connectivity index (χ0) is 11.8. The van der Waals surface area contributed by atoms with Gasteiger partial charge in [-0.25, -0.2) is 0 Å². The highest BCUT2D eigenvalue weighted by molar-refractivity contribution is 5.94. The SMILES string of the molecule is O=C(NC1CC1)c1ccc(C(F)(F)F)nc1. The first kappa shape index (κ1) is 10.9. The van der Waals surface area contributed by atoms with Crippen LogP contribution in [-0.2, 0) is 6.18 Å². The van der Waals surface area contributed by atoms with E-state index in [1.165, 1.54) is 0 Å². The third kappa shape index (κ3) is 2.50. The number of rotatable bonds is 2. The van der Waals surface area contributed by atoms with Crippen LogP contribution in [0.1, 0.15) is 28.9 Å². The molecule has 1 saturated carbocycles. The zero-order valence-corrected chi connectivity index (χ0v) is 8.21. The van der Waals surface area contributed by atoms with Crippen molar-refractivity contribution < 1.29 is 18.0 Å².